The number of benzene rings is 2. The van der Waals surface area contributed by atoms with E-state index in [4.69, 9.17) is 4.74 Å². The molecular formula is C22H23N3O2. The van der Waals surface area contributed by atoms with Crippen LogP contribution in [0.1, 0.15) is 17.5 Å². The average Bonchev–Trinajstić information content (AvgIpc) is 2.67. The lowest BCUT2D eigenvalue weighted by Gasteiger charge is -2.12. The quantitative estimate of drug-likeness (QED) is 0.631. The molecule has 0 fully saturated rings. The summed E-state index contributed by atoms with van der Waals surface area (Å²) >= 11 is 0. The lowest BCUT2D eigenvalue weighted by molar-refractivity contribution is -0.116. The molecule has 27 heavy (non-hydrogen) atoms. The second kappa shape index (κ2) is 8.85. The van der Waals surface area contributed by atoms with Crippen LogP contribution >= 0.6 is 0 Å². The molecule has 2 N–H and O–H groups in total. The molecule has 2 aromatic carbocycles. The van der Waals surface area contributed by atoms with Crippen LogP contribution in [0.2, 0.25) is 0 Å². The van der Waals surface area contributed by atoms with E-state index in [2.05, 4.69) is 41.6 Å². The van der Waals surface area contributed by atoms with Crippen LogP contribution < -0.4 is 15.4 Å². The number of carbonyl (C=O) groups excluding carboxylic acids is 1. The fourth-order valence-corrected chi connectivity index (χ4v) is 2.68. The van der Waals surface area contributed by atoms with Gasteiger partial charge in [-0.3, -0.25) is 4.79 Å². The first-order valence-corrected chi connectivity index (χ1v) is 8.89. The highest BCUT2D eigenvalue weighted by Gasteiger charge is 2.06. The predicted octanol–water partition coefficient (Wildman–Crippen LogP) is 4.85. The van der Waals surface area contributed by atoms with Gasteiger partial charge >= 0.3 is 0 Å². The molecule has 0 bridgehead atoms. The van der Waals surface area contributed by atoms with E-state index in [1.54, 1.807) is 6.20 Å². The lowest BCUT2D eigenvalue weighted by Crippen LogP contribution is -2.15. The highest BCUT2D eigenvalue weighted by Crippen LogP contribution is 2.23. The first kappa shape index (κ1) is 18.5. The Balaban J connectivity index is 1.50. The molecule has 0 atom stereocenters. The van der Waals surface area contributed by atoms with Gasteiger partial charge in [0.15, 0.2) is 0 Å². The number of pyridine rings is 1. The number of para-hydroxylation sites is 2. The van der Waals surface area contributed by atoms with E-state index in [0.717, 1.165) is 28.4 Å². The monoisotopic (exact) mass is 361 g/mol. The van der Waals surface area contributed by atoms with Crippen LogP contribution in [-0.2, 0) is 4.79 Å². The molecule has 1 aromatic heterocycles. The number of aromatic nitrogens is 1. The summed E-state index contributed by atoms with van der Waals surface area (Å²) in [6.45, 7) is 4.44. The van der Waals surface area contributed by atoms with Crippen molar-refractivity contribution in [1.82, 2.24) is 4.98 Å². The summed E-state index contributed by atoms with van der Waals surface area (Å²) in [6, 6.07) is 19.3. The van der Waals surface area contributed by atoms with E-state index in [1.807, 2.05) is 48.5 Å². The molecule has 0 aliphatic rings. The van der Waals surface area contributed by atoms with Gasteiger partial charge in [0.25, 0.3) is 0 Å². The van der Waals surface area contributed by atoms with Crippen molar-refractivity contribution in [3.05, 3.63) is 78.0 Å². The Bertz CT molecular complexity index is 873. The van der Waals surface area contributed by atoms with Gasteiger partial charge in [0, 0.05) is 5.69 Å². The molecule has 0 spiro atoms. The Morgan fingerprint density at radius 1 is 0.963 bits per heavy atom. The van der Waals surface area contributed by atoms with Crippen LogP contribution in [0.25, 0.3) is 0 Å². The van der Waals surface area contributed by atoms with E-state index < -0.39 is 0 Å². The smallest absolute Gasteiger partial charge is 0.227 e. The predicted molar refractivity (Wildman–Crippen MR) is 109 cm³/mol. The summed E-state index contributed by atoms with van der Waals surface area (Å²) in [5.74, 6) is 1.38. The van der Waals surface area contributed by atoms with Crippen LogP contribution in [0.5, 0.6) is 5.75 Å². The van der Waals surface area contributed by atoms with Gasteiger partial charge in [0.1, 0.15) is 11.6 Å². The number of carbonyl (C=O) groups is 1. The molecule has 0 saturated carbocycles. The zero-order chi connectivity index (χ0) is 19.1. The Hall–Kier alpha value is -3.34. The Morgan fingerprint density at radius 2 is 1.70 bits per heavy atom. The lowest BCUT2D eigenvalue weighted by atomic mass is 10.1. The minimum Gasteiger partial charge on any atom is -0.493 e. The van der Waals surface area contributed by atoms with E-state index in [1.165, 1.54) is 0 Å². The topological polar surface area (TPSA) is 63.2 Å². The van der Waals surface area contributed by atoms with E-state index in [0.29, 0.717) is 12.3 Å². The highest BCUT2D eigenvalue weighted by atomic mass is 16.5. The summed E-state index contributed by atoms with van der Waals surface area (Å²) in [6.07, 6.45) is 1.92. The minimum atomic E-state index is -0.108. The normalized spacial score (nSPS) is 10.3. The zero-order valence-electron chi connectivity index (χ0n) is 15.5. The maximum absolute atomic E-state index is 12.0. The molecule has 1 amide bonds. The molecule has 5 nitrogen and oxygen atoms in total. The van der Waals surface area contributed by atoms with Gasteiger partial charge in [-0.1, -0.05) is 36.4 Å². The van der Waals surface area contributed by atoms with Gasteiger partial charge in [-0.15, -0.1) is 0 Å². The minimum absolute atomic E-state index is 0.108. The number of nitrogens with one attached hydrogen (secondary N) is 2. The maximum Gasteiger partial charge on any atom is 0.227 e. The number of amides is 1. The molecule has 0 unspecified atom stereocenters. The SMILES string of the molecule is Cc1cccc(C)c1Nc1ccc(NC(=O)CCOc2ccccc2)cn1. The maximum atomic E-state index is 12.0. The molecule has 3 rings (SSSR count). The molecule has 0 radical (unpaired) electrons. The van der Waals surface area contributed by atoms with Gasteiger partial charge in [-0.2, -0.15) is 0 Å². The Morgan fingerprint density at radius 3 is 2.37 bits per heavy atom. The molecule has 3 aromatic rings. The molecule has 1 heterocycles. The van der Waals surface area contributed by atoms with Crippen LogP contribution in [0, 0.1) is 13.8 Å². The van der Waals surface area contributed by atoms with E-state index in [9.17, 15) is 4.79 Å². The van der Waals surface area contributed by atoms with E-state index >= 15 is 0 Å². The molecule has 138 valence electrons. The third-order valence-corrected chi connectivity index (χ3v) is 4.12. The van der Waals surface area contributed by atoms with Crippen molar-refractivity contribution < 1.29 is 9.53 Å². The largest absolute Gasteiger partial charge is 0.493 e. The molecule has 0 saturated heterocycles. The van der Waals surface area contributed by atoms with Crippen molar-refractivity contribution >= 4 is 23.1 Å². The first-order chi connectivity index (χ1) is 13.1. The first-order valence-electron chi connectivity index (χ1n) is 8.89. The van der Waals surface area contributed by atoms with Crippen molar-refractivity contribution in [2.75, 3.05) is 17.2 Å². The average molecular weight is 361 g/mol. The fourth-order valence-electron chi connectivity index (χ4n) is 2.68. The van der Waals surface area contributed by atoms with Crippen LogP contribution in [0.3, 0.4) is 0 Å². The number of rotatable bonds is 7. The van der Waals surface area contributed by atoms with Crippen molar-refractivity contribution in [3.63, 3.8) is 0 Å². The van der Waals surface area contributed by atoms with Crippen molar-refractivity contribution in [2.45, 2.75) is 20.3 Å². The third kappa shape index (κ3) is 5.31. The number of aryl methyl sites for hydroxylation is 2. The van der Waals surface area contributed by atoms with E-state index in [-0.39, 0.29) is 12.3 Å². The summed E-state index contributed by atoms with van der Waals surface area (Å²) in [5.41, 5.74) is 4.03. The van der Waals surface area contributed by atoms with Crippen molar-refractivity contribution in [3.8, 4) is 5.75 Å². The second-order valence-electron chi connectivity index (χ2n) is 6.28. The number of ether oxygens (including phenoxy) is 1. The summed E-state index contributed by atoms with van der Waals surface area (Å²) < 4.78 is 5.54. The highest BCUT2D eigenvalue weighted by molar-refractivity contribution is 5.90. The fraction of sp³-hybridized carbons (Fsp3) is 0.182. The van der Waals surface area contributed by atoms with Crippen LogP contribution in [0.4, 0.5) is 17.2 Å². The number of nitrogens with zero attached hydrogens (tertiary/aromatic N) is 1. The molecule has 0 aliphatic heterocycles. The van der Waals surface area contributed by atoms with Crippen LogP contribution in [-0.4, -0.2) is 17.5 Å². The summed E-state index contributed by atoms with van der Waals surface area (Å²) in [5, 5.41) is 6.16. The molecule has 0 aliphatic carbocycles. The summed E-state index contributed by atoms with van der Waals surface area (Å²) in [4.78, 5) is 16.4. The molecule has 5 heteroatoms. The van der Waals surface area contributed by atoms with Crippen LogP contribution in [0.15, 0.2) is 66.9 Å². The zero-order valence-corrected chi connectivity index (χ0v) is 15.5. The second-order valence-corrected chi connectivity index (χ2v) is 6.28. The van der Waals surface area contributed by atoms with Crippen molar-refractivity contribution in [2.24, 2.45) is 0 Å². The summed E-state index contributed by atoms with van der Waals surface area (Å²) in [7, 11) is 0. The van der Waals surface area contributed by atoms with Gasteiger partial charge in [0.05, 0.1) is 24.9 Å². The molecular weight excluding hydrogens is 338 g/mol. The Kier molecular flexibility index (Phi) is 6.05. The number of hydrogen-bond donors (Lipinski definition) is 2. The van der Waals surface area contributed by atoms with Crippen molar-refractivity contribution in [1.29, 1.82) is 0 Å². The standard InChI is InChI=1S/C22H23N3O2/c1-16-7-6-8-17(2)22(16)25-20-12-11-18(15-23-20)24-21(26)13-14-27-19-9-4-3-5-10-19/h3-12,15H,13-14H2,1-2H3,(H,23,25)(H,24,26). The van der Waals surface area contributed by atoms with Gasteiger partial charge in [0.2, 0.25) is 5.91 Å². The number of hydrogen-bond acceptors (Lipinski definition) is 4. The van der Waals surface area contributed by atoms with Gasteiger partial charge in [-0.25, -0.2) is 4.98 Å². The van der Waals surface area contributed by atoms with Gasteiger partial charge < -0.3 is 15.4 Å². The Labute approximate surface area is 159 Å². The third-order valence-electron chi connectivity index (χ3n) is 4.12. The van der Waals surface area contributed by atoms with Gasteiger partial charge in [-0.05, 0) is 49.2 Å². The number of anilines is 3.